The van der Waals surface area contributed by atoms with Gasteiger partial charge in [-0.2, -0.15) is 9.78 Å². The number of nitrogen functional groups attached to an aromatic ring is 1. The number of tetrazole rings is 1. The van der Waals surface area contributed by atoms with E-state index in [0.29, 0.717) is 22.1 Å². The normalized spacial score (nSPS) is 10.8. The lowest BCUT2D eigenvalue weighted by Crippen LogP contribution is -2.00. The summed E-state index contributed by atoms with van der Waals surface area (Å²) in [5.41, 5.74) is 7.71. The number of rotatable bonds is 2. The van der Waals surface area contributed by atoms with E-state index in [1.54, 1.807) is 33.9 Å². The van der Waals surface area contributed by atoms with Crippen LogP contribution in [0, 0.1) is 0 Å². The molecule has 2 N–H and O–H groups in total. The highest BCUT2D eigenvalue weighted by molar-refractivity contribution is 6.35. The van der Waals surface area contributed by atoms with Crippen LogP contribution in [0.4, 0.5) is 5.69 Å². The zero-order chi connectivity index (χ0) is 13.4. The third kappa shape index (κ3) is 1.93. The lowest BCUT2D eigenvalue weighted by Gasteiger charge is -2.05. The molecule has 1 aromatic carbocycles. The van der Waals surface area contributed by atoms with Gasteiger partial charge in [-0.1, -0.05) is 17.7 Å². The minimum Gasteiger partial charge on any atom is -0.398 e. The fraction of sp³-hybridized carbons (Fsp3) is 0.0909. The van der Waals surface area contributed by atoms with Crippen molar-refractivity contribution < 1.29 is 0 Å². The molecule has 0 radical (unpaired) electrons. The minimum atomic E-state index is 0.433. The summed E-state index contributed by atoms with van der Waals surface area (Å²) in [5.74, 6) is 0.519. The van der Waals surface area contributed by atoms with E-state index >= 15 is 0 Å². The van der Waals surface area contributed by atoms with E-state index in [-0.39, 0.29) is 0 Å². The molecule has 2 heterocycles. The monoisotopic (exact) mass is 275 g/mol. The molecule has 0 saturated heterocycles. The summed E-state index contributed by atoms with van der Waals surface area (Å²) in [6, 6.07) is 5.35. The number of hydrogen-bond donors (Lipinski definition) is 1. The van der Waals surface area contributed by atoms with E-state index in [1.165, 1.54) is 0 Å². The lowest BCUT2D eigenvalue weighted by molar-refractivity contribution is 0.762. The second-order valence-corrected chi connectivity index (χ2v) is 4.37. The number of nitrogens with two attached hydrogens (primary N) is 1. The number of benzene rings is 1. The van der Waals surface area contributed by atoms with Crippen molar-refractivity contribution in [3.05, 3.63) is 35.6 Å². The van der Waals surface area contributed by atoms with Crippen LogP contribution in [0.5, 0.6) is 0 Å². The quantitative estimate of drug-likeness (QED) is 0.712. The Morgan fingerprint density at radius 1 is 1.32 bits per heavy atom. The molecule has 0 aliphatic heterocycles. The first kappa shape index (κ1) is 11.7. The van der Waals surface area contributed by atoms with Crippen LogP contribution in [-0.4, -0.2) is 30.0 Å². The number of hydrogen-bond acceptors (Lipinski definition) is 5. The van der Waals surface area contributed by atoms with E-state index in [1.807, 2.05) is 13.1 Å². The number of aryl methyl sites for hydroxylation is 1. The number of halogens is 1. The number of nitrogens with zero attached hydrogens (tertiary/aromatic N) is 6. The Balaban J connectivity index is 2.17. The molecule has 0 saturated carbocycles. The van der Waals surface area contributed by atoms with Gasteiger partial charge in [0.25, 0.3) is 0 Å². The molecule has 0 spiro atoms. The van der Waals surface area contributed by atoms with Gasteiger partial charge in [0, 0.05) is 12.6 Å². The number of aromatic nitrogens is 6. The molecule has 7 nitrogen and oxygen atoms in total. The first-order valence-electron chi connectivity index (χ1n) is 5.48. The molecule has 3 aromatic rings. The predicted molar refractivity (Wildman–Crippen MR) is 70.8 cm³/mol. The second-order valence-electron chi connectivity index (χ2n) is 4.00. The molecule has 3 rings (SSSR count). The molecule has 0 fully saturated rings. The predicted octanol–water partition coefficient (Wildman–Crippen LogP) is 1.30. The van der Waals surface area contributed by atoms with Crippen molar-refractivity contribution in [2.75, 3.05) is 5.73 Å². The van der Waals surface area contributed by atoms with Gasteiger partial charge in [0.2, 0.25) is 0 Å². The van der Waals surface area contributed by atoms with E-state index < -0.39 is 0 Å². The minimum absolute atomic E-state index is 0.433. The van der Waals surface area contributed by atoms with Crippen molar-refractivity contribution in [1.82, 2.24) is 30.0 Å². The van der Waals surface area contributed by atoms with Crippen molar-refractivity contribution in [2.45, 2.75) is 0 Å². The molecule has 0 aliphatic rings. The van der Waals surface area contributed by atoms with Gasteiger partial charge in [-0.25, -0.2) is 0 Å². The highest BCUT2D eigenvalue weighted by Crippen LogP contribution is 2.31. The molecular formula is C11H10ClN7. The molecule has 19 heavy (non-hydrogen) atoms. The Labute approximate surface area is 113 Å². The first-order chi connectivity index (χ1) is 9.16. The van der Waals surface area contributed by atoms with Gasteiger partial charge >= 0.3 is 0 Å². The Bertz CT molecular complexity index is 730. The fourth-order valence-electron chi connectivity index (χ4n) is 1.77. The van der Waals surface area contributed by atoms with Crippen LogP contribution >= 0.6 is 11.6 Å². The molecule has 0 bridgehead atoms. The first-order valence-corrected chi connectivity index (χ1v) is 5.86. The Morgan fingerprint density at radius 2 is 2.16 bits per heavy atom. The van der Waals surface area contributed by atoms with Crippen molar-refractivity contribution >= 4 is 17.3 Å². The number of anilines is 1. The highest BCUT2D eigenvalue weighted by Gasteiger charge is 2.15. The molecule has 0 atom stereocenters. The van der Waals surface area contributed by atoms with Gasteiger partial charge in [0.15, 0.2) is 5.82 Å². The Morgan fingerprint density at radius 3 is 2.89 bits per heavy atom. The molecule has 2 aromatic heterocycles. The fourth-order valence-corrected chi connectivity index (χ4v) is 1.98. The zero-order valence-corrected chi connectivity index (χ0v) is 10.8. The van der Waals surface area contributed by atoms with Crippen LogP contribution in [-0.2, 0) is 7.05 Å². The molecule has 8 heteroatoms. The summed E-state index contributed by atoms with van der Waals surface area (Å²) >= 11 is 6.19. The molecular weight excluding hydrogens is 266 g/mol. The maximum atomic E-state index is 6.19. The van der Waals surface area contributed by atoms with Crippen molar-refractivity contribution in [1.29, 1.82) is 0 Å². The second kappa shape index (κ2) is 4.36. The summed E-state index contributed by atoms with van der Waals surface area (Å²) in [7, 11) is 1.82. The van der Waals surface area contributed by atoms with Crippen molar-refractivity contribution in [3.63, 3.8) is 0 Å². The molecule has 0 unspecified atom stereocenters. The standard InChI is InChI=1S/C11H10ClN7/c1-18-6-7(5-14-18)19-11(15-16-17-19)8-3-2-4-9(13)10(8)12/h2-6H,13H2,1H3. The van der Waals surface area contributed by atoms with Crippen LogP contribution < -0.4 is 5.73 Å². The Hall–Kier alpha value is -2.41. The van der Waals surface area contributed by atoms with E-state index in [4.69, 9.17) is 17.3 Å². The summed E-state index contributed by atoms with van der Waals surface area (Å²) in [5, 5.41) is 16.2. The van der Waals surface area contributed by atoms with E-state index in [0.717, 1.165) is 5.69 Å². The highest BCUT2D eigenvalue weighted by atomic mass is 35.5. The average Bonchev–Trinajstić information content (AvgIpc) is 3.01. The molecule has 0 amide bonds. The van der Waals surface area contributed by atoms with Crippen molar-refractivity contribution in [3.8, 4) is 17.1 Å². The third-order valence-electron chi connectivity index (χ3n) is 2.67. The third-order valence-corrected chi connectivity index (χ3v) is 3.10. The topological polar surface area (TPSA) is 87.4 Å². The largest absolute Gasteiger partial charge is 0.398 e. The maximum Gasteiger partial charge on any atom is 0.188 e. The average molecular weight is 276 g/mol. The summed E-state index contributed by atoms with van der Waals surface area (Å²) in [6.45, 7) is 0. The summed E-state index contributed by atoms with van der Waals surface area (Å²) in [6.07, 6.45) is 3.47. The van der Waals surface area contributed by atoms with E-state index in [2.05, 4.69) is 20.6 Å². The lowest BCUT2D eigenvalue weighted by atomic mass is 10.2. The smallest absolute Gasteiger partial charge is 0.188 e. The van der Waals surface area contributed by atoms with Gasteiger partial charge in [-0.3, -0.25) is 4.68 Å². The van der Waals surface area contributed by atoms with Gasteiger partial charge in [0.05, 0.1) is 23.1 Å². The molecule has 96 valence electrons. The maximum absolute atomic E-state index is 6.19. The van der Waals surface area contributed by atoms with Gasteiger partial charge < -0.3 is 5.73 Å². The van der Waals surface area contributed by atoms with Crippen LogP contribution in [0.1, 0.15) is 0 Å². The summed E-state index contributed by atoms with van der Waals surface area (Å²) < 4.78 is 3.23. The van der Waals surface area contributed by atoms with Crippen LogP contribution in [0.2, 0.25) is 5.02 Å². The van der Waals surface area contributed by atoms with Gasteiger partial charge in [-0.15, -0.1) is 5.10 Å². The molecule has 0 aliphatic carbocycles. The SMILES string of the molecule is Cn1cc(-n2nnnc2-c2cccc(N)c2Cl)cn1. The summed E-state index contributed by atoms with van der Waals surface area (Å²) in [4.78, 5) is 0. The van der Waals surface area contributed by atoms with Gasteiger partial charge in [-0.05, 0) is 22.6 Å². The Kier molecular flexibility index (Phi) is 2.68. The van der Waals surface area contributed by atoms with Gasteiger partial charge in [0.1, 0.15) is 5.69 Å². The van der Waals surface area contributed by atoms with Crippen molar-refractivity contribution in [2.24, 2.45) is 7.05 Å². The van der Waals surface area contributed by atoms with Crippen LogP contribution in [0.3, 0.4) is 0 Å². The van der Waals surface area contributed by atoms with Crippen LogP contribution in [0.15, 0.2) is 30.6 Å². The van der Waals surface area contributed by atoms with Crippen LogP contribution in [0.25, 0.3) is 17.1 Å². The van der Waals surface area contributed by atoms with E-state index in [9.17, 15) is 0 Å². The zero-order valence-electron chi connectivity index (χ0n) is 10.0.